The molecule has 0 aliphatic heterocycles. The maximum Gasteiger partial charge on any atom is 0.146 e. The number of halogens is 2. The Morgan fingerprint density at radius 1 is 1.40 bits per heavy atom. The van der Waals surface area contributed by atoms with Gasteiger partial charge in [-0.05, 0) is 31.0 Å². The van der Waals surface area contributed by atoms with Gasteiger partial charge in [-0.3, -0.25) is 0 Å². The van der Waals surface area contributed by atoms with Gasteiger partial charge in [0.15, 0.2) is 0 Å². The van der Waals surface area contributed by atoms with Crippen molar-refractivity contribution in [3.05, 3.63) is 29.0 Å². The first kappa shape index (κ1) is 12.3. The fourth-order valence-corrected chi connectivity index (χ4v) is 1.73. The zero-order valence-corrected chi connectivity index (χ0v) is 9.94. The molecule has 1 N–H and O–H groups in total. The molecule has 0 radical (unpaired) electrons. The third-order valence-electron chi connectivity index (χ3n) is 2.42. The Kier molecular flexibility index (Phi) is 4.89. The van der Waals surface area contributed by atoms with Crippen molar-refractivity contribution in [3.8, 4) is 0 Å². The normalized spacial score (nSPS) is 12.5. The summed E-state index contributed by atoms with van der Waals surface area (Å²) in [5.74, 6) is -0.242. The summed E-state index contributed by atoms with van der Waals surface area (Å²) in [6.45, 7) is 4.22. The van der Waals surface area contributed by atoms with Gasteiger partial charge in [0, 0.05) is 11.1 Å². The van der Waals surface area contributed by atoms with Crippen molar-refractivity contribution in [2.24, 2.45) is 0 Å². The van der Waals surface area contributed by atoms with E-state index in [0.717, 1.165) is 19.3 Å². The van der Waals surface area contributed by atoms with Crippen molar-refractivity contribution in [1.82, 2.24) is 0 Å². The molecule has 0 saturated heterocycles. The van der Waals surface area contributed by atoms with Crippen LogP contribution in [0.1, 0.15) is 33.1 Å². The molecule has 0 amide bonds. The minimum absolute atomic E-state index is 0.242. The molecule has 84 valence electrons. The highest BCUT2D eigenvalue weighted by atomic mass is 35.5. The summed E-state index contributed by atoms with van der Waals surface area (Å²) in [5.41, 5.74) is 0.503. The van der Waals surface area contributed by atoms with E-state index >= 15 is 0 Å². The average molecular weight is 230 g/mol. The van der Waals surface area contributed by atoms with Crippen LogP contribution < -0.4 is 5.32 Å². The molecule has 1 aromatic carbocycles. The van der Waals surface area contributed by atoms with Crippen molar-refractivity contribution in [1.29, 1.82) is 0 Å². The van der Waals surface area contributed by atoms with E-state index in [9.17, 15) is 4.39 Å². The minimum Gasteiger partial charge on any atom is -0.380 e. The van der Waals surface area contributed by atoms with Gasteiger partial charge < -0.3 is 5.32 Å². The fourth-order valence-electron chi connectivity index (χ4n) is 1.55. The first-order valence-electron chi connectivity index (χ1n) is 5.39. The van der Waals surface area contributed by atoms with Crippen LogP contribution in [0.2, 0.25) is 5.02 Å². The number of rotatable bonds is 5. The predicted molar refractivity (Wildman–Crippen MR) is 64.0 cm³/mol. The van der Waals surface area contributed by atoms with Gasteiger partial charge in [0.2, 0.25) is 0 Å². The van der Waals surface area contributed by atoms with Crippen LogP contribution in [0.5, 0.6) is 0 Å². The Labute approximate surface area is 95.6 Å². The molecule has 1 atom stereocenters. The van der Waals surface area contributed by atoms with Gasteiger partial charge in [-0.25, -0.2) is 4.39 Å². The lowest BCUT2D eigenvalue weighted by molar-refractivity contribution is 0.599. The minimum atomic E-state index is -0.242. The standard InChI is InChI=1S/C12H17ClFN/c1-3-5-10(4-2)15-12-8-9(13)6-7-11(12)14/h6-8,10,15H,3-5H2,1-2H3. The molecule has 1 aromatic rings. The van der Waals surface area contributed by atoms with Gasteiger partial charge in [-0.15, -0.1) is 0 Å². The molecular weight excluding hydrogens is 213 g/mol. The SMILES string of the molecule is CCCC(CC)Nc1cc(Cl)ccc1F. The molecule has 0 fully saturated rings. The smallest absolute Gasteiger partial charge is 0.146 e. The molecule has 3 heteroatoms. The number of benzene rings is 1. The monoisotopic (exact) mass is 229 g/mol. The second-order valence-corrected chi connectivity index (χ2v) is 4.10. The maximum absolute atomic E-state index is 13.4. The van der Waals surface area contributed by atoms with Gasteiger partial charge in [-0.2, -0.15) is 0 Å². The molecule has 0 aromatic heterocycles. The molecule has 0 spiro atoms. The van der Waals surface area contributed by atoms with Crippen LogP contribution in [0, 0.1) is 5.82 Å². The summed E-state index contributed by atoms with van der Waals surface area (Å²) < 4.78 is 13.4. The topological polar surface area (TPSA) is 12.0 Å². The van der Waals surface area contributed by atoms with E-state index in [2.05, 4.69) is 19.2 Å². The van der Waals surface area contributed by atoms with E-state index in [-0.39, 0.29) is 5.82 Å². The van der Waals surface area contributed by atoms with Crippen molar-refractivity contribution >= 4 is 17.3 Å². The number of nitrogens with one attached hydrogen (secondary N) is 1. The van der Waals surface area contributed by atoms with Crippen molar-refractivity contribution < 1.29 is 4.39 Å². The van der Waals surface area contributed by atoms with Crippen LogP contribution in [-0.2, 0) is 0 Å². The van der Waals surface area contributed by atoms with Crippen molar-refractivity contribution in [3.63, 3.8) is 0 Å². The van der Waals surface area contributed by atoms with Crippen molar-refractivity contribution in [2.45, 2.75) is 39.2 Å². The first-order valence-corrected chi connectivity index (χ1v) is 5.76. The number of anilines is 1. The lowest BCUT2D eigenvalue weighted by atomic mass is 10.1. The van der Waals surface area contributed by atoms with E-state index in [0.29, 0.717) is 16.8 Å². The Morgan fingerprint density at radius 2 is 2.13 bits per heavy atom. The van der Waals surface area contributed by atoms with Gasteiger partial charge in [0.25, 0.3) is 0 Å². The van der Waals surface area contributed by atoms with Crippen LogP contribution in [0.25, 0.3) is 0 Å². The maximum atomic E-state index is 13.4. The molecule has 1 rings (SSSR count). The number of hydrogen-bond acceptors (Lipinski definition) is 1. The highest BCUT2D eigenvalue weighted by Gasteiger charge is 2.08. The first-order chi connectivity index (χ1) is 7.17. The van der Waals surface area contributed by atoms with Crippen LogP contribution >= 0.6 is 11.6 Å². The van der Waals surface area contributed by atoms with E-state index in [4.69, 9.17) is 11.6 Å². The molecular formula is C12H17ClFN. The third kappa shape index (κ3) is 3.71. The largest absolute Gasteiger partial charge is 0.380 e. The molecule has 0 heterocycles. The highest BCUT2D eigenvalue weighted by Crippen LogP contribution is 2.21. The molecule has 0 aliphatic rings. The summed E-state index contributed by atoms with van der Waals surface area (Å²) >= 11 is 5.81. The molecule has 0 aliphatic carbocycles. The molecule has 0 saturated carbocycles. The summed E-state index contributed by atoms with van der Waals surface area (Å²) in [6.07, 6.45) is 3.12. The molecule has 15 heavy (non-hydrogen) atoms. The zero-order chi connectivity index (χ0) is 11.3. The Morgan fingerprint density at radius 3 is 2.73 bits per heavy atom. The van der Waals surface area contributed by atoms with E-state index < -0.39 is 0 Å². The van der Waals surface area contributed by atoms with Crippen LogP contribution in [0.15, 0.2) is 18.2 Å². The van der Waals surface area contributed by atoms with Gasteiger partial charge in [-0.1, -0.05) is 31.9 Å². The molecule has 1 unspecified atom stereocenters. The second kappa shape index (κ2) is 5.96. The predicted octanol–water partition coefficient (Wildman–Crippen LogP) is 4.47. The second-order valence-electron chi connectivity index (χ2n) is 3.66. The van der Waals surface area contributed by atoms with Gasteiger partial charge in [0.1, 0.15) is 5.82 Å². The Hall–Kier alpha value is -0.760. The summed E-state index contributed by atoms with van der Waals surface area (Å²) in [5, 5.41) is 3.74. The lowest BCUT2D eigenvalue weighted by Gasteiger charge is -2.18. The lowest BCUT2D eigenvalue weighted by Crippen LogP contribution is -2.18. The average Bonchev–Trinajstić information content (AvgIpc) is 2.22. The zero-order valence-electron chi connectivity index (χ0n) is 9.19. The summed E-state index contributed by atoms with van der Waals surface area (Å²) in [4.78, 5) is 0. The van der Waals surface area contributed by atoms with Crippen molar-refractivity contribution in [2.75, 3.05) is 5.32 Å². The molecule has 1 nitrogen and oxygen atoms in total. The van der Waals surface area contributed by atoms with Crippen LogP contribution in [0.3, 0.4) is 0 Å². The van der Waals surface area contributed by atoms with E-state index in [1.165, 1.54) is 6.07 Å². The molecule has 0 bridgehead atoms. The summed E-state index contributed by atoms with van der Waals surface area (Å²) in [7, 11) is 0. The van der Waals surface area contributed by atoms with E-state index in [1.54, 1.807) is 12.1 Å². The van der Waals surface area contributed by atoms with Gasteiger partial charge in [0.05, 0.1) is 5.69 Å². The van der Waals surface area contributed by atoms with Gasteiger partial charge >= 0.3 is 0 Å². The quantitative estimate of drug-likeness (QED) is 0.786. The van der Waals surface area contributed by atoms with Crippen LogP contribution in [-0.4, -0.2) is 6.04 Å². The summed E-state index contributed by atoms with van der Waals surface area (Å²) in [6, 6.07) is 4.91. The third-order valence-corrected chi connectivity index (χ3v) is 2.65. The Bertz CT molecular complexity index is 314. The van der Waals surface area contributed by atoms with E-state index in [1.807, 2.05) is 0 Å². The Balaban J connectivity index is 2.73. The fraction of sp³-hybridized carbons (Fsp3) is 0.500. The number of hydrogen-bond donors (Lipinski definition) is 1. The highest BCUT2D eigenvalue weighted by molar-refractivity contribution is 6.30. The van der Waals surface area contributed by atoms with Crippen LogP contribution in [0.4, 0.5) is 10.1 Å².